The molecule has 7 rings (SSSR count). The molecule has 3 atom stereocenters. The van der Waals surface area contributed by atoms with E-state index in [1.54, 1.807) is 57.5 Å². The fourth-order valence-electron chi connectivity index (χ4n) is 11.4. The maximum atomic E-state index is 13.1. The van der Waals surface area contributed by atoms with Gasteiger partial charge in [0.1, 0.15) is 17.3 Å². The van der Waals surface area contributed by atoms with Gasteiger partial charge in [-0.1, -0.05) is 154 Å². The predicted octanol–water partition coefficient (Wildman–Crippen LogP) is 19.6. The highest BCUT2D eigenvalue weighted by Gasteiger charge is 2.33. The van der Waals surface area contributed by atoms with Crippen LogP contribution in [0.25, 0.3) is 0 Å². The summed E-state index contributed by atoms with van der Waals surface area (Å²) in [5.74, 6) is 4.43. The molecule has 2 unspecified atom stereocenters. The van der Waals surface area contributed by atoms with Crippen LogP contribution < -0.4 is 23.4 Å². The van der Waals surface area contributed by atoms with Crippen LogP contribution in [0.1, 0.15) is 286 Å². The molecule has 6 aromatic rings. The molecule has 1 aliphatic rings. The van der Waals surface area contributed by atoms with E-state index < -0.39 is 20.0 Å². The molecule has 0 aromatic heterocycles. The highest BCUT2D eigenvalue weighted by atomic mass is 32.2. The third-order valence-corrected chi connectivity index (χ3v) is 20.8. The molecule has 19 heteroatoms. The van der Waals surface area contributed by atoms with Gasteiger partial charge in [0.05, 0.1) is 43.6 Å². The second kappa shape index (κ2) is 44.4. The molecule has 0 bridgehead atoms. The van der Waals surface area contributed by atoms with Crippen LogP contribution in [0.3, 0.4) is 0 Å². The van der Waals surface area contributed by atoms with Crippen LogP contribution in [0, 0.1) is 24.6 Å². The number of aryl methyl sites for hydroxylation is 1. The lowest BCUT2D eigenvalue weighted by molar-refractivity contribution is 0.0748. The normalized spacial score (nSPS) is 13.4. The molecule has 1 N–H and O–H groups in total. The maximum Gasteiger partial charge on any atom is 0.253 e. The fraction of sp³-hybridized carbons (Fsp3) is 0.535. The molecule has 0 radical (unpaired) electrons. The summed E-state index contributed by atoms with van der Waals surface area (Å²) in [6, 6.07) is 36.5. The van der Waals surface area contributed by atoms with E-state index in [9.17, 15) is 40.4 Å². The zero-order valence-electron chi connectivity index (χ0n) is 68.1. The number of benzene rings is 6. The van der Waals surface area contributed by atoms with Gasteiger partial charge in [-0.3, -0.25) is 27.8 Å². The quantitative estimate of drug-likeness (QED) is 0.0439. The van der Waals surface area contributed by atoms with Crippen molar-refractivity contribution < 1.29 is 49.9 Å². The molecule has 1 fully saturated rings. The Morgan fingerprint density at radius 1 is 0.467 bits per heavy atom. The number of hydrogen-bond acceptors (Lipinski definition) is 10. The first kappa shape index (κ1) is 91.4. The first-order chi connectivity index (χ1) is 49.3. The van der Waals surface area contributed by atoms with Crippen LogP contribution in [-0.4, -0.2) is 135 Å². The van der Waals surface area contributed by atoms with Crippen LogP contribution >= 0.6 is 0 Å². The number of carbonyl (C=O) groups excluding carboxylic acids is 4. The molecule has 582 valence electrons. The Hall–Kier alpha value is -7.77. The number of sulfonamides is 2. The number of ether oxygens (including phenoxy) is 2. The second-order valence-corrected chi connectivity index (χ2v) is 33.5. The molecular weight excluding hydrogens is 1360 g/mol. The molecule has 0 spiro atoms. The Morgan fingerprint density at radius 2 is 0.838 bits per heavy atom. The average Bonchev–Trinajstić information content (AvgIpc) is 1.78. The molecule has 6 aromatic carbocycles. The number of hydrogen-bond donors (Lipinski definition) is 1. The van der Waals surface area contributed by atoms with Gasteiger partial charge in [-0.25, -0.2) is 21.2 Å². The number of anilines is 2. The van der Waals surface area contributed by atoms with Gasteiger partial charge in [0.25, 0.3) is 23.6 Å². The van der Waals surface area contributed by atoms with Crippen molar-refractivity contribution in [2.45, 2.75) is 212 Å². The van der Waals surface area contributed by atoms with Crippen LogP contribution in [0.2, 0.25) is 0 Å². The molecule has 105 heavy (non-hydrogen) atoms. The first-order valence-corrected chi connectivity index (χ1v) is 41.6. The van der Waals surface area contributed by atoms with Crippen molar-refractivity contribution in [3.63, 3.8) is 0 Å². The number of amides is 4. The second-order valence-electron chi connectivity index (χ2n) is 29.5. The topological polar surface area (TPSA) is 183 Å². The summed E-state index contributed by atoms with van der Waals surface area (Å²) >= 11 is 0. The molecule has 16 nitrogen and oxygen atoms in total. The minimum Gasteiger partial charge on any atom is -0.497 e. The van der Waals surface area contributed by atoms with Gasteiger partial charge in [-0.15, -0.1) is 0 Å². The van der Waals surface area contributed by atoms with E-state index >= 15 is 0 Å². The van der Waals surface area contributed by atoms with Crippen LogP contribution in [0.5, 0.6) is 11.5 Å². The Labute approximate surface area is 633 Å². The number of halogens is 1. The van der Waals surface area contributed by atoms with E-state index in [0.29, 0.717) is 53.1 Å². The van der Waals surface area contributed by atoms with E-state index in [1.165, 1.54) is 52.9 Å². The van der Waals surface area contributed by atoms with Crippen LogP contribution in [0.4, 0.5) is 15.8 Å². The largest absolute Gasteiger partial charge is 0.497 e. The zero-order chi connectivity index (χ0) is 79.2. The molecule has 1 saturated carbocycles. The van der Waals surface area contributed by atoms with E-state index in [1.807, 2.05) is 83.1 Å². The Bertz CT molecular complexity index is 3910. The monoisotopic (exact) mass is 1490 g/mol. The van der Waals surface area contributed by atoms with Crippen molar-refractivity contribution in [2.24, 2.45) is 11.8 Å². The number of rotatable bonds is 31. The van der Waals surface area contributed by atoms with E-state index in [-0.39, 0.29) is 41.4 Å². The van der Waals surface area contributed by atoms with Crippen LogP contribution in [0.15, 0.2) is 121 Å². The van der Waals surface area contributed by atoms with E-state index in [0.717, 1.165) is 145 Å². The van der Waals surface area contributed by atoms with Gasteiger partial charge >= 0.3 is 0 Å². The number of nitrogens with one attached hydrogen (secondary N) is 1. The number of nitrogens with zero attached hydrogens (tertiary/aromatic N) is 5. The fourth-order valence-corrected chi connectivity index (χ4v) is 12.4. The van der Waals surface area contributed by atoms with Crippen LogP contribution in [-0.2, 0) is 20.0 Å². The van der Waals surface area contributed by atoms with Crippen molar-refractivity contribution in [2.75, 3.05) is 88.2 Å². The summed E-state index contributed by atoms with van der Waals surface area (Å²) in [5.41, 5.74) is 11.4. The predicted molar refractivity (Wildman–Crippen MR) is 435 cm³/mol. The molecule has 0 aliphatic heterocycles. The van der Waals surface area contributed by atoms with Crippen molar-refractivity contribution in [1.82, 2.24) is 20.0 Å². The lowest BCUT2D eigenvalue weighted by Crippen LogP contribution is -2.32. The summed E-state index contributed by atoms with van der Waals surface area (Å²) in [6.45, 7) is 45.5. The lowest BCUT2D eigenvalue weighted by Gasteiger charge is -2.22. The maximum absolute atomic E-state index is 13.1. The summed E-state index contributed by atoms with van der Waals surface area (Å²) in [7, 11) is -2.04. The standard InChI is InChI=1S/C20H25FN2O3S.C17H27NO2.C17H27NO.C16H25NO3S.C16H25NO/c1-13(2)16-10-17(12-19(11-16)23(4)27(5,25)26)20(24)22-14(3)15-6-8-18(21)9-7-15;1-6-8-18(9-7-2)17(19)15-10-14(13(3)4)11-16(12-15)20-5;1-6-8-18(9-7-2)17(19)16-11-14(5)10-15(12-16)13(3)4;1-11(2)13-7-15(17(4)21(5,18)19)9-16(8-13)20-10-14-6-12(14)3;1-5-10-17(11-6-2)16(18)15-9-7-8-14(12-15)13(3)4/h6-14H,1-5H3,(H,22,24);10-13H,6-9H2,1-5H3;10-13H,6-9H2,1-5H3;7-9,11-12,14H,6,10H2,1-5H3;7-9,12-13H,5-6,10-11H2,1-4H3/t14-;;;;/m1..../s1. The van der Waals surface area contributed by atoms with Crippen molar-refractivity contribution >= 4 is 55.1 Å². The number of methoxy groups -OCH3 is 1. The zero-order valence-corrected chi connectivity index (χ0v) is 69.7. The molecule has 0 heterocycles. The Balaban J connectivity index is 0.000000343. The minimum absolute atomic E-state index is 0.106. The molecular formula is C86H129FN6O10S2. The molecule has 4 amide bonds. The molecule has 1 aliphatic carbocycles. The lowest BCUT2D eigenvalue weighted by atomic mass is 9.97. The third-order valence-electron chi connectivity index (χ3n) is 18.3. The van der Waals surface area contributed by atoms with Crippen molar-refractivity contribution in [3.8, 4) is 11.5 Å². The molecule has 0 saturated heterocycles. The summed E-state index contributed by atoms with van der Waals surface area (Å²) in [4.78, 5) is 56.2. The van der Waals surface area contributed by atoms with Crippen molar-refractivity contribution in [1.29, 1.82) is 0 Å². The van der Waals surface area contributed by atoms with E-state index in [4.69, 9.17) is 9.47 Å². The highest BCUT2D eigenvalue weighted by molar-refractivity contribution is 7.92. The summed E-state index contributed by atoms with van der Waals surface area (Å²) in [5, 5.41) is 2.87. The Morgan fingerprint density at radius 3 is 1.25 bits per heavy atom. The van der Waals surface area contributed by atoms with Crippen molar-refractivity contribution in [3.05, 3.63) is 188 Å². The van der Waals surface area contributed by atoms with Gasteiger partial charge in [-0.05, 0) is 219 Å². The number of carbonyl (C=O) groups is 4. The summed E-state index contributed by atoms with van der Waals surface area (Å²) in [6.07, 6.45) is 9.54. The van der Waals surface area contributed by atoms with Gasteiger partial charge in [0.15, 0.2) is 0 Å². The average molecular weight is 1490 g/mol. The summed E-state index contributed by atoms with van der Waals surface area (Å²) < 4.78 is 73.9. The SMILES string of the molecule is CC(C)c1cc(C(=O)N[C@H](C)c2ccc(F)cc2)cc(N(C)S(C)(=O)=O)c1.CC(C)c1cc(OCC2CC2C)cc(N(C)S(C)(=O)=O)c1.CCCN(CCC)C(=O)c1cc(C)cc(C(C)C)c1.CCCN(CCC)C(=O)c1cc(OC)cc(C(C)C)c1.CCCN(CCC)C(=O)c1cccc(C(C)C)c1. The highest BCUT2D eigenvalue weighted by Crippen LogP contribution is 2.39. The van der Waals surface area contributed by atoms with Gasteiger partial charge in [0, 0.05) is 81.7 Å². The first-order valence-electron chi connectivity index (χ1n) is 37.9. The van der Waals surface area contributed by atoms with Gasteiger partial charge in [-0.2, -0.15) is 0 Å². The minimum atomic E-state index is -3.44. The van der Waals surface area contributed by atoms with E-state index in [2.05, 4.69) is 134 Å². The smallest absolute Gasteiger partial charge is 0.253 e. The van der Waals surface area contributed by atoms with Gasteiger partial charge < -0.3 is 29.5 Å². The Kier molecular flexibility index (Phi) is 38.6. The van der Waals surface area contributed by atoms with Gasteiger partial charge in [0.2, 0.25) is 20.0 Å². The third kappa shape index (κ3) is 30.6.